The summed E-state index contributed by atoms with van der Waals surface area (Å²) in [6.07, 6.45) is 10.2. The lowest BCUT2D eigenvalue weighted by molar-refractivity contribution is 0.566. The third kappa shape index (κ3) is 4.20. The number of rotatable bonds is 8. The fourth-order valence-corrected chi connectivity index (χ4v) is 2.36. The maximum absolute atomic E-state index is 4.53. The summed E-state index contributed by atoms with van der Waals surface area (Å²) in [6.45, 7) is 7.38. The highest BCUT2D eigenvalue weighted by molar-refractivity contribution is 5.19. The Morgan fingerprint density at radius 3 is 2.85 bits per heavy atom. The van der Waals surface area contributed by atoms with Crippen molar-refractivity contribution in [1.82, 2.24) is 24.6 Å². The Kier molecular flexibility index (Phi) is 5.35. The fraction of sp³-hybridized carbons (Fsp3) is 0.600. The molecule has 0 radical (unpaired) electrons. The van der Waals surface area contributed by atoms with Crippen LogP contribution in [-0.2, 0) is 20.1 Å². The quantitative estimate of drug-likeness (QED) is 0.752. The Hall–Kier alpha value is -1.62. The van der Waals surface area contributed by atoms with Gasteiger partial charge in [0.2, 0.25) is 0 Å². The fourth-order valence-electron chi connectivity index (χ4n) is 2.36. The number of nitrogens with zero attached hydrogens (tertiary/aromatic N) is 4. The van der Waals surface area contributed by atoms with Crippen molar-refractivity contribution in [1.29, 1.82) is 0 Å². The summed E-state index contributed by atoms with van der Waals surface area (Å²) in [7, 11) is 1.99. The molecule has 2 aromatic heterocycles. The van der Waals surface area contributed by atoms with Crippen molar-refractivity contribution in [2.75, 3.05) is 6.54 Å². The Labute approximate surface area is 121 Å². The topological polar surface area (TPSA) is 47.7 Å². The van der Waals surface area contributed by atoms with Crippen molar-refractivity contribution in [2.24, 2.45) is 7.05 Å². The summed E-state index contributed by atoms with van der Waals surface area (Å²) in [5, 5.41) is 8.04. The first-order valence-electron chi connectivity index (χ1n) is 7.35. The standard InChI is InChI=1S/C15H25N5/c1-13(2)15-14(11-19(3)18-15)10-16-6-4-5-8-20-9-7-17-12-20/h7,9,11-13,16H,4-6,8,10H2,1-3H3. The van der Waals surface area contributed by atoms with Gasteiger partial charge in [-0.3, -0.25) is 4.68 Å². The highest BCUT2D eigenvalue weighted by atomic mass is 15.3. The average Bonchev–Trinajstić information content (AvgIpc) is 3.03. The molecule has 2 heterocycles. The second kappa shape index (κ2) is 7.24. The van der Waals surface area contributed by atoms with Crippen molar-refractivity contribution in [3.8, 4) is 0 Å². The molecule has 1 N–H and O–H groups in total. The SMILES string of the molecule is CC(C)c1nn(C)cc1CNCCCCn1ccnc1. The third-order valence-corrected chi connectivity index (χ3v) is 3.38. The maximum Gasteiger partial charge on any atom is 0.0945 e. The molecule has 0 aliphatic rings. The van der Waals surface area contributed by atoms with E-state index in [1.165, 1.54) is 24.1 Å². The number of hydrogen-bond donors (Lipinski definition) is 1. The van der Waals surface area contributed by atoms with E-state index in [0.717, 1.165) is 19.6 Å². The van der Waals surface area contributed by atoms with Crippen LogP contribution in [0.25, 0.3) is 0 Å². The molecule has 5 nitrogen and oxygen atoms in total. The minimum Gasteiger partial charge on any atom is -0.337 e. The zero-order valence-electron chi connectivity index (χ0n) is 12.7. The van der Waals surface area contributed by atoms with E-state index in [-0.39, 0.29) is 0 Å². The number of aromatic nitrogens is 4. The molecule has 0 fully saturated rings. The Morgan fingerprint density at radius 1 is 1.30 bits per heavy atom. The molecule has 2 aromatic rings. The van der Waals surface area contributed by atoms with Gasteiger partial charge in [-0.2, -0.15) is 5.10 Å². The van der Waals surface area contributed by atoms with Gasteiger partial charge in [-0.15, -0.1) is 0 Å². The van der Waals surface area contributed by atoms with E-state index in [1.807, 2.05) is 30.5 Å². The van der Waals surface area contributed by atoms with Gasteiger partial charge in [-0.1, -0.05) is 13.8 Å². The first kappa shape index (κ1) is 14.8. The summed E-state index contributed by atoms with van der Waals surface area (Å²) in [6, 6.07) is 0. The zero-order chi connectivity index (χ0) is 14.4. The summed E-state index contributed by atoms with van der Waals surface area (Å²) < 4.78 is 4.03. The molecule has 5 heteroatoms. The molecule has 0 spiro atoms. The number of nitrogens with one attached hydrogen (secondary N) is 1. The van der Waals surface area contributed by atoms with E-state index < -0.39 is 0 Å². The van der Waals surface area contributed by atoms with Crippen LogP contribution in [0.3, 0.4) is 0 Å². The van der Waals surface area contributed by atoms with Gasteiger partial charge in [0.1, 0.15) is 0 Å². The van der Waals surface area contributed by atoms with Gasteiger partial charge in [0, 0.05) is 44.3 Å². The van der Waals surface area contributed by atoms with Crippen LogP contribution in [0.2, 0.25) is 0 Å². The molecule has 0 amide bonds. The second-order valence-electron chi connectivity index (χ2n) is 5.55. The first-order chi connectivity index (χ1) is 9.66. The van der Waals surface area contributed by atoms with Crippen LogP contribution in [0.4, 0.5) is 0 Å². The molecule has 0 aromatic carbocycles. The van der Waals surface area contributed by atoms with E-state index in [2.05, 4.69) is 40.0 Å². The van der Waals surface area contributed by atoms with Crippen LogP contribution in [-0.4, -0.2) is 25.9 Å². The van der Waals surface area contributed by atoms with Crippen LogP contribution >= 0.6 is 0 Å². The van der Waals surface area contributed by atoms with Crippen molar-refractivity contribution in [2.45, 2.75) is 45.7 Å². The third-order valence-electron chi connectivity index (χ3n) is 3.38. The lowest BCUT2D eigenvalue weighted by atomic mass is 10.1. The number of aryl methyl sites for hydroxylation is 2. The number of imidazole rings is 1. The monoisotopic (exact) mass is 275 g/mol. The molecule has 0 unspecified atom stereocenters. The summed E-state index contributed by atoms with van der Waals surface area (Å²) in [4.78, 5) is 4.04. The zero-order valence-corrected chi connectivity index (χ0v) is 12.7. The van der Waals surface area contributed by atoms with Crippen molar-refractivity contribution in [3.05, 3.63) is 36.2 Å². The molecule has 2 rings (SSSR count). The molecular formula is C15H25N5. The minimum atomic E-state index is 0.481. The van der Waals surface area contributed by atoms with Crippen LogP contribution < -0.4 is 5.32 Å². The molecule has 110 valence electrons. The van der Waals surface area contributed by atoms with E-state index in [4.69, 9.17) is 0 Å². The number of hydrogen-bond acceptors (Lipinski definition) is 3. The normalized spacial score (nSPS) is 11.4. The predicted molar refractivity (Wildman–Crippen MR) is 80.5 cm³/mol. The van der Waals surface area contributed by atoms with E-state index in [1.54, 1.807) is 0 Å². The summed E-state index contributed by atoms with van der Waals surface area (Å²) in [5.41, 5.74) is 2.52. The lowest BCUT2D eigenvalue weighted by Gasteiger charge is -2.07. The Balaban J connectivity index is 1.66. The lowest BCUT2D eigenvalue weighted by Crippen LogP contribution is -2.16. The minimum absolute atomic E-state index is 0.481. The van der Waals surface area contributed by atoms with Gasteiger partial charge >= 0.3 is 0 Å². The largest absolute Gasteiger partial charge is 0.337 e. The summed E-state index contributed by atoms with van der Waals surface area (Å²) in [5.74, 6) is 0.481. The van der Waals surface area contributed by atoms with Gasteiger partial charge in [-0.05, 0) is 25.3 Å². The van der Waals surface area contributed by atoms with Gasteiger partial charge in [0.25, 0.3) is 0 Å². The van der Waals surface area contributed by atoms with E-state index in [9.17, 15) is 0 Å². The molecular weight excluding hydrogens is 250 g/mol. The highest BCUT2D eigenvalue weighted by Gasteiger charge is 2.10. The van der Waals surface area contributed by atoms with Crippen molar-refractivity contribution in [3.63, 3.8) is 0 Å². The molecule has 0 bridgehead atoms. The Morgan fingerprint density at radius 2 is 2.15 bits per heavy atom. The van der Waals surface area contributed by atoms with Crippen LogP contribution in [0.1, 0.15) is 43.9 Å². The smallest absolute Gasteiger partial charge is 0.0945 e. The molecule has 0 aliphatic carbocycles. The average molecular weight is 275 g/mol. The predicted octanol–water partition coefficient (Wildman–Crippen LogP) is 2.31. The van der Waals surface area contributed by atoms with Crippen molar-refractivity contribution >= 4 is 0 Å². The van der Waals surface area contributed by atoms with Crippen LogP contribution in [0.15, 0.2) is 24.9 Å². The first-order valence-corrected chi connectivity index (χ1v) is 7.35. The molecule has 0 atom stereocenters. The molecule has 0 saturated heterocycles. The van der Waals surface area contributed by atoms with E-state index >= 15 is 0 Å². The second-order valence-corrected chi connectivity index (χ2v) is 5.55. The van der Waals surface area contributed by atoms with Crippen LogP contribution in [0.5, 0.6) is 0 Å². The molecule has 0 saturated carbocycles. The molecule has 0 aliphatic heterocycles. The van der Waals surface area contributed by atoms with E-state index in [0.29, 0.717) is 5.92 Å². The van der Waals surface area contributed by atoms with Gasteiger partial charge in [0.05, 0.1) is 12.0 Å². The van der Waals surface area contributed by atoms with Crippen molar-refractivity contribution < 1.29 is 0 Å². The summed E-state index contributed by atoms with van der Waals surface area (Å²) >= 11 is 0. The van der Waals surface area contributed by atoms with Crippen LogP contribution in [0, 0.1) is 0 Å². The van der Waals surface area contributed by atoms with Gasteiger partial charge in [0.15, 0.2) is 0 Å². The molecule has 20 heavy (non-hydrogen) atoms. The maximum atomic E-state index is 4.53. The highest BCUT2D eigenvalue weighted by Crippen LogP contribution is 2.16. The van der Waals surface area contributed by atoms with Gasteiger partial charge in [-0.25, -0.2) is 4.98 Å². The van der Waals surface area contributed by atoms with Gasteiger partial charge < -0.3 is 9.88 Å². The number of unbranched alkanes of at least 4 members (excludes halogenated alkanes) is 1. The Bertz CT molecular complexity index is 498.